The van der Waals surface area contributed by atoms with Gasteiger partial charge < -0.3 is 15.2 Å². The van der Waals surface area contributed by atoms with E-state index in [0.717, 1.165) is 16.2 Å². The van der Waals surface area contributed by atoms with Gasteiger partial charge in [0, 0.05) is 28.8 Å². The van der Waals surface area contributed by atoms with Crippen LogP contribution in [0.3, 0.4) is 0 Å². The third-order valence-corrected chi connectivity index (χ3v) is 3.91. The van der Waals surface area contributed by atoms with E-state index < -0.39 is 11.8 Å². The lowest BCUT2D eigenvalue weighted by Gasteiger charge is -2.15. The zero-order chi connectivity index (χ0) is 15.9. The molecule has 0 saturated carbocycles. The van der Waals surface area contributed by atoms with Crippen molar-refractivity contribution in [2.75, 3.05) is 25.1 Å². The smallest absolute Gasteiger partial charge is 0.277 e. The van der Waals surface area contributed by atoms with Gasteiger partial charge in [-0.15, -0.1) is 0 Å². The monoisotopic (exact) mass is 302 g/mol. The van der Waals surface area contributed by atoms with E-state index in [1.165, 1.54) is 6.08 Å². The molecule has 1 aromatic carbocycles. The molecule has 6 heteroatoms. The lowest BCUT2D eigenvalue weighted by Crippen LogP contribution is -2.34. The standard InChI is InChI=1S/C16H18N2O4/c1-16(2)9-22-13-7-10(3-4-11(13)16)17-12-8-14(20)18(5-6-19)15(12)21/h3-4,7-8,17,19H,5-6,9H2,1-2H3. The Morgan fingerprint density at radius 3 is 2.86 bits per heavy atom. The van der Waals surface area contributed by atoms with Crippen LogP contribution in [-0.4, -0.2) is 41.6 Å². The Bertz CT molecular complexity index is 679. The van der Waals surface area contributed by atoms with Gasteiger partial charge in [-0.25, -0.2) is 0 Å². The Labute approximate surface area is 128 Å². The summed E-state index contributed by atoms with van der Waals surface area (Å²) in [7, 11) is 0. The summed E-state index contributed by atoms with van der Waals surface area (Å²) < 4.78 is 5.67. The number of nitrogens with zero attached hydrogens (tertiary/aromatic N) is 1. The fourth-order valence-corrected chi connectivity index (χ4v) is 2.68. The number of hydrogen-bond acceptors (Lipinski definition) is 5. The third kappa shape index (κ3) is 2.35. The molecule has 2 heterocycles. The Morgan fingerprint density at radius 1 is 1.36 bits per heavy atom. The van der Waals surface area contributed by atoms with Gasteiger partial charge in [-0.1, -0.05) is 19.9 Å². The Hall–Kier alpha value is -2.34. The molecule has 22 heavy (non-hydrogen) atoms. The summed E-state index contributed by atoms with van der Waals surface area (Å²) in [6.45, 7) is 4.60. The number of amides is 2. The second-order valence-corrected chi connectivity index (χ2v) is 6.09. The molecule has 0 saturated heterocycles. The average molecular weight is 302 g/mol. The number of rotatable bonds is 4. The van der Waals surface area contributed by atoms with Crippen LogP contribution in [0.25, 0.3) is 0 Å². The van der Waals surface area contributed by atoms with E-state index in [2.05, 4.69) is 19.2 Å². The maximum atomic E-state index is 12.1. The van der Waals surface area contributed by atoms with Gasteiger partial charge >= 0.3 is 0 Å². The van der Waals surface area contributed by atoms with E-state index >= 15 is 0 Å². The van der Waals surface area contributed by atoms with Crippen LogP contribution in [0, 0.1) is 0 Å². The number of fused-ring (bicyclic) bond motifs is 1. The van der Waals surface area contributed by atoms with E-state index in [0.29, 0.717) is 12.3 Å². The largest absolute Gasteiger partial charge is 0.492 e. The van der Waals surface area contributed by atoms with Crippen molar-refractivity contribution in [1.29, 1.82) is 0 Å². The van der Waals surface area contributed by atoms with Crippen molar-refractivity contribution in [3.05, 3.63) is 35.5 Å². The number of aliphatic hydroxyl groups excluding tert-OH is 1. The summed E-state index contributed by atoms with van der Waals surface area (Å²) in [6.07, 6.45) is 1.25. The molecule has 116 valence electrons. The number of anilines is 1. The topological polar surface area (TPSA) is 78.9 Å². The number of β-amino-alcohol motifs (C(OH)–C–C–N with tert-alkyl or cyclic N) is 1. The fourth-order valence-electron chi connectivity index (χ4n) is 2.68. The summed E-state index contributed by atoms with van der Waals surface area (Å²) >= 11 is 0. The first-order valence-electron chi connectivity index (χ1n) is 7.15. The van der Waals surface area contributed by atoms with E-state index in [9.17, 15) is 9.59 Å². The highest BCUT2D eigenvalue weighted by Crippen LogP contribution is 2.39. The molecule has 2 aliphatic rings. The highest BCUT2D eigenvalue weighted by molar-refractivity contribution is 6.17. The van der Waals surface area contributed by atoms with Gasteiger partial charge in [0.2, 0.25) is 0 Å². The van der Waals surface area contributed by atoms with Crippen molar-refractivity contribution in [3.63, 3.8) is 0 Å². The van der Waals surface area contributed by atoms with Crippen LogP contribution in [0.15, 0.2) is 30.0 Å². The molecule has 1 aromatic rings. The molecule has 2 aliphatic heterocycles. The quantitative estimate of drug-likeness (QED) is 0.812. The van der Waals surface area contributed by atoms with Crippen LogP contribution in [0.1, 0.15) is 19.4 Å². The highest BCUT2D eigenvalue weighted by atomic mass is 16.5. The summed E-state index contributed by atoms with van der Waals surface area (Å²) in [5.41, 5.74) is 2.00. The first kappa shape index (κ1) is 14.6. The normalized spacial score (nSPS) is 19.0. The van der Waals surface area contributed by atoms with Crippen molar-refractivity contribution in [1.82, 2.24) is 4.90 Å². The number of imide groups is 1. The lowest BCUT2D eigenvalue weighted by atomic mass is 9.87. The zero-order valence-electron chi connectivity index (χ0n) is 12.5. The second-order valence-electron chi connectivity index (χ2n) is 6.09. The first-order chi connectivity index (χ1) is 10.4. The van der Waals surface area contributed by atoms with Crippen LogP contribution in [0.2, 0.25) is 0 Å². The molecule has 0 aliphatic carbocycles. The molecule has 2 N–H and O–H groups in total. The van der Waals surface area contributed by atoms with Crippen molar-refractivity contribution in [2.24, 2.45) is 0 Å². The van der Waals surface area contributed by atoms with E-state index in [1.807, 2.05) is 18.2 Å². The number of hydrogen-bond donors (Lipinski definition) is 2. The van der Waals surface area contributed by atoms with Crippen LogP contribution in [0.4, 0.5) is 5.69 Å². The molecule has 0 radical (unpaired) electrons. The van der Waals surface area contributed by atoms with Gasteiger partial charge in [-0.2, -0.15) is 0 Å². The van der Waals surface area contributed by atoms with Crippen molar-refractivity contribution in [3.8, 4) is 5.75 Å². The molecule has 0 spiro atoms. The summed E-state index contributed by atoms with van der Waals surface area (Å²) in [5.74, 6) is -0.0551. The molecular weight excluding hydrogens is 284 g/mol. The number of benzene rings is 1. The van der Waals surface area contributed by atoms with Crippen molar-refractivity contribution >= 4 is 17.5 Å². The van der Waals surface area contributed by atoms with Gasteiger partial charge in [0.1, 0.15) is 11.4 Å². The first-order valence-corrected chi connectivity index (χ1v) is 7.15. The van der Waals surface area contributed by atoms with Crippen LogP contribution < -0.4 is 10.1 Å². The van der Waals surface area contributed by atoms with E-state index in [1.54, 1.807) is 0 Å². The van der Waals surface area contributed by atoms with Gasteiger partial charge in [0.15, 0.2) is 0 Å². The zero-order valence-corrected chi connectivity index (χ0v) is 12.5. The van der Waals surface area contributed by atoms with Crippen LogP contribution in [0.5, 0.6) is 5.75 Å². The molecule has 0 bridgehead atoms. The molecule has 0 atom stereocenters. The minimum absolute atomic E-state index is 0.000828. The highest BCUT2D eigenvalue weighted by Gasteiger charge is 2.33. The molecule has 3 rings (SSSR count). The minimum atomic E-state index is -0.430. The Morgan fingerprint density at radius 2 is 2.14 bits per heavy atom. The van der Waals surface area contributed by atoms with Gasteiger partial charge in [-0.3, -0.25) is 14.5 Å². The SMILES string of the molecule is CC1(C)COc2cc(NC3=CC(=O)N(CCO)C3=O)ccc21. The van der Waals surface area contributed by atoms with Crippen LogP contribution >= 0.6 is 0 Å². The lowest BCUT2D eigenvalue weighted by molar-refractivity contribution is -0.137. The molecule has 0 unspecified atom stereocenters. The van der Waals surface area contributed by atoms with Crippen LogP contribution in [-0.2, 0) is 15.0 Å². The minimum Gasteiger partial charge on any atom is -0.492 e. The van der Waals surface area contributed by atoms with Crippen molar-refractivity contribution < 1.29 is 19.4 Å². The molecule has 0 fully saturated rings. The summed E-state index contributed by atoms with van der Waals surface area (Å²) in [4.78, 5) is 24.8. The maximum Gasteiger partial charge on any atom is 0.277 e. The molecule has 6 nitrogen and oxygen atoms in total. The number of carbonyl (C=O) groups excluding carboxylic acids is 2. The van der Waals surface area contributed by atoms with E-state index in [4.69, 9.17) is 9.84 Å². The molecule has 0 aromatic heterocycles. The van der Waals surface area contributed by atoms with Gasteiger partial charge in [-0.05, 0) is 6.07 Å². The van der Waals surface area contributed by atoms with Crippen molar-refractivity contribution in [2.45, 2.75) is 19.3 Å². The number of aliphatic hydroxyl groups is 1. The predicted molar refractivity (Wildman–Crippen MR) is 80.5 cm³/mol. The summed E-state index contributed by atoms with van der Waals surface area (Å²) in [5, 5.41) is 11.8. The Kier molecular flexibility index (Phi) is 3.41. The molecular formula is C16H18N2O4. The number of carbonyl (C=O) groups is 2. The van der Waals surface area contributed by atoms with Gasteiger partial charge in [0.05, 0.1) is 19.8 Å². The van der Waals surface area contributed by atoms with Gasteiger partial charge in [0.25, 0.3) is 11.8 Å². The number of ether oxygens (including phenoxy) is 1. The maximum absolute atomic E-state index is 12.1. The predicted octanol–water partition coefficient (Wildman–Crippen LogP) is 1.01. The Balaban J connectivity index is 1.79. The second kappa shape index (κ2) is 5.14. The fraction of sp³-hybridized carbons (Fsp3) is 0.375. The molecule has 2 amide bonds. The third-order valence-electron chi connectivity index (χ3n) is 3.91. The average Bonchev–Trinajstić information content (AvgIpc) is 2.91. The van der Waals surface area contributed by atoms with E-state index in [-0.39, 0.29) is 24.3 Å². The number of nitrogens with one attached hydrogen (secondary N) is 1. The summed E-state index contributed by atoms with van der Waals surface area (Å²) in [6, 6.07) is 5.66.